The Kier molecular flexibility index (Phi) is 4.07. The van der Waals surface area contributed by atoms with Crippen molar-refractivity contribution in [2.45, 2.75) is 18.9 Å². The van der Waals surface area contributed by atoms with E-state index >= 15 is 0 Å². The molecule has 1 aromatic rings. The van der Waals surface area contributed by atoms with Gasteiger partial charge < -0.3 is 15.4 Å². The van der Waals surface area contributed by atoms with Crippen molar-refractivity contribution in [3.8, 4) is 0 Å². The van der Waals surface area contributed by atoms with Gasteiger partial charge in [-0.2, -0.15) is 0 Å². The van der Waals surface area contributed by atoms with Gasteiger partial charge in [0, 0.05) is 32.0 Å². The van der Waals surface area contributed by atoms with Crippen molar-refractivity contribution < 1.29 is 4.74 Å². The van der Waals surface area contributed by atoms with Crippen LogP contribution in [0.2, 0.25) is 0 Å². The van der Waals surface area contributed by atoms with E-state index in [0.29, 0.717) is 19.3 Å². The summed E-state index contributed by atoms with van der Waals surface area (Å²) in [5, 5.41) is 0. The lowest BCUT2D eigenvalue weighted by molar-refractivity contribution is 0.0421. The van der Waals surface area contributed by atoms with Crippen molar-refractivity contribution in [2.24, 2.45) is 5.73 Å². The van der Waals surface area contributed by atoms with E-state index in [4.69, 9.17) is 10.5 Å². The van der Waals surface area contributed by atoms with Crippen LogP contribution in [0.25, 0.3) is 0 Å². The Hall–Kier alpha value is -1.20. The van der Waals surface area contributed by atoms with E-state index in [9.17, 15) is 0 Å². The van der Waals surface area contributed by atoms with Gasteiger partial charge in [0.25, 0.3) is 0 Å². The van der Waals surface area contributed by atoms with E-state index in [1.807, 2.05) is 0 Å². The number of hydrogen-bond acceptors (Lipinski definition) is 5. The van der Waals surface area contributed by atoms with Crippen LogP contribution in [0.5, 0.6) is 0 Å². The van der Waals surface area contributed by atoms with Crippen LogP contribution in [0.3, 0.4) is 0 Å². The molecule has 0 saturated carbocycles. The fourth-order valence-corrected chi connectivity index (χ4v) is 1.94. The van der Waals surface area contributed by atoms with Crippen LogP contribution in [0.1, 0.15) is 12.8 Å². The maximum atomic E-state index is 5.63. The van der Waals surface area contributed by atoms with Gasteiger partial charge in [0.15, 0.2) is 0 Å². The molecule has 1 fully saturated rings. The maximum Gasteiger partial charge on any atom is 0.147 e. The van der Waals surface area contributed by atoms with E-state index in [2.05, 4.69) is 14.9 Å². The van der Waals surface area contributed by atoms with Crippen molar-refractivity contribution in [2.75, 3.05) is 31.1 Å². The number of rotatable bonds is 4. The van der Waals surface area contributed by atoms with Gasteiger partial charge in [0.2, 0.25) is 0 Å². The normalized spacial score (nSPS) is 17.7. The summed E-state index contributed by atoms with van der Waals surface area (Å²) in [4.78, 5) is 10.6. The molecule has 16 heavy (non-hydrogen) atoms. The fourth-order valence-electron chi connectivity index (χ4n) is 1.94. The number of ether oxygens (including phenoxy) is 1. The van der Waals surface area contributed by atoms with Crippen molar-refractivity contribution in [3.63, 3.8) is 0 Å². The first kappa shape index (κ1) is 11.3. The SMILES string of the molecule is NCCOC1CCN(c2cnccn2)CC1. The first-order valence-electron chi connectivity index (χ1n) is 5.73. The van der Waals surface area contributed by atoms with Gasteiger partial charge in [0.1, 0.15) is 5.82 Å². The quantitative estimate of drug-likeness (QED) is 0.800. The third-order valence-corrected chi connectivity index (χ3v) is 2.79. The molecule has 2 rings (SSSR count). The molecule has 0 radical (unpaired) electrons. The maximum absolute atomic E-state index is 5.63. The van der Waals surface area contributed by atoms with Crippen LogP contribution in [0.4, 0.5) is 5.82 Å². The highest BCUT2D eigenvalue weighted by Crippen LogP contribution is 2.18. The minimum Gasteiger partial charge on any atom is -0.377 e. The summed E-state index contributed by atoms with van der Waals surface area (Å²) < 4.78 is 5.63. The summed E-state index contributed by atoms with van der Waals surface area (Å²) >= 11 is 0. The molecule has 0 aromatic carbocycles. The molecule has 0 bridgehead atoms. The molecule has 0 unspecified atom stereocenters. The van der Waals surface area contributed by atoms with Crippen molar-refractivity contribution in [1.82, 2.24) is 9.97 Å². The Balaban J connectivity index is 1.81. The van der Waals surface area contributed by atoms with Crippen LogP contribution in [-0.2, 0) is 4.74 Å². The molecule has 0 spiro atoms. The van der Waals surface area contributed by atoms with E-state index in [0.717, 1.165) is 31.7 Å². The van der Waals surface area contributed by atoms with Crippen LogP contribution >= 0.6 is 0 Å². The van der Waals surface area contributed by atoms with Gasteiger partial charge in [-0.05, 0) is 12.8 Å². The van der Waals surface area contributed by atoms with Gasteiger partial charge in [-0.25, -0.2) is 4.98 Å². The van der Waals surface area contributed by atoms with Crippen LogP contribution in [-0.4, -0.2) is 42.3 Å². The molecule has 1 saturated heterocycles. The highest BCUT2D eigenvalue weighted by molar-refractivity contribution is 5.35. The molecule has 2 heterocycles. The Morgan fingerprint density at radius 3 is 2.81 bits per heavy atom. The molecule has 1 aliphatic rings. The van der Waals surface area contributed by atoms with Gasteiger partial charge in [-0.3, -0.25) is 4.98 Å². The summed E-state index contributed by atoms with van der Waals surface area (Å²) in [6, 6.07) is 0. The minimum absolute atomic E-state index is 0.358. The smallest absolute Gasteiger partial charge is 0.147 e. The topological polar surface area (TPSA) is 64.3 Å². The summed E-state index contributed by atoms with van der Waals surface area (Å²) in [6.45, 7) is 3.22. The number of nitrogens with two attached hydrogens (primary N) is 1. The summed E-state index contributed by atoms with van der Waals surface area (Å²) in [5.74, 6) is 0.958. The van der Waals surface area contributed by atoms with Gasteiger partial charge in [0.05, 0.1) is 18.9 Å². The predicted octanol–water partition coefficient (Wildman–Crippen LogP) is 0.421. The zero-order chi connectivity index (χ0) is 11.2. The molecule has 1 aliphatic heterocycles. The fraction of sp³-hybridized carbons (Fsp3) is 0.636. The van der Waals surface area contributed by atoms with Crippen molar-refractivity contribution in [1.29, 1.82) is 0 Å². The second kappa shape index (κ2) is 5.77. The Labute approximate surface area is 95.6 Å². The number of nitrogens with zero attached hydrogens (tertiary/aromatic N) is 3. The molecule has 5 heteroatoms. The molecule has 88 valence electrons. The second-order valence-corrected chi connectivity index (χ2v) is 3.91. The average molecular weight is 222 g/mol. The second-order valence-electron chi connectivity index (χ2n) is 3.91. The average Bonchev–Trinajstić information content (AvgIpc) is 2.38. The largest absolute Gasteiger partial charge is 0.377 e. The van der Waals surface area contributed by atoms with Gasteiger partial charge >= 0.3 is 0 Å². The third-order valence-electron chi connectivity index (χ3n) is 2.79. The first-order chi connectivity index (χ1) is 7.90. The van der Waals surface area contributed by atoms with Gasteiger partial charge in [-0.1, -0.05) is 0 Å². The summed E-state index contributed by atoms with van der Waals surface area (Å²) in [6.07, 6.45) is 7.66. The van der Waals surface area contributed by atoms with Crippen LogP contribution in [0.15, 0.2) is 18.6 Å². The number of aromatic nitrogens is 2. The van der Waals surface area contributed by atoms with E-state index < -0.39 is 0 Å². The zero-order valence-corrected chi connectivity index (χ0v) is 9.38. The standard InChI is InChI=1S/C11H18N4O/c12-3-8-16-10-1-6-15(7-2-10)11-9-13-4-5-14-11/h4-5,9-10H,1-3,6-8,12H2. The van der Waals surface area contributed by atoms with E-state index in [1.165, 1.54) is 0 Å². The summed E-state index contributed by atoms with van der Waals surface area (Å²) in [7, 11) is 0. The van der Waals surface area contributed by atoms with Gasteiger partial charge in [-0.15, -0.1) is 0 Å². The molecule has 0 aliphatic carbocycles. The highest BCUT2D eigenvalue weighted by atomic mass is 16.5. The molecular weight excluding hydrogens is 204 g/mol. The Morgan fingerprint density at radius 1 is 1.38 bits per heavy atom. The zero-order valence-electron chi connectivity index (χ0n) is 9.38. The number of anilines is 1. The molecular formula is C11H18N4O. The first-order valence-corrected chi connectivity index (χ1v) is 5.73. The Bertz CT molecular complexity index is 298. The van der Waals surface area contributed by atoms with Crippen LogP contribution in [0, 0.1) is 0 Å². The van der Waals surface area contributed by atoms with E-state index in [-0.39, 0.29) is 0 Å². The minimum atomic E-state index is 0.358. The molecule has 1 aromatic heterocycles. The van der Waals surface area contributed by atoms with Crippen molar-refractivity contribution >= 4 is 5.82 Å². The van der Waals surface area contributed by atoms with Crippen LogP contribution < -0.4 is 10.6 Å². The number of piperidine rings is 1. The Morgan fingerprint density at radius 2 is 2.19 bits per heavy atom. The van der Waals surface area contributed by atoms with Crippen molar-refractivity contribution in [3.05, 3.63) is 18.6 Å². The molecule has 0 amide bonds. The monoisotopic (exact) mass is 222 g/mol. The molecule has 5 nitrogen and oxygen atoms in total. The molecule has 0 atom stereocenters. The lowest BCUT2D eigenvalue weighted by Crippen LogP contribution is -2.38. The predicted molar refractivity (Wildman–Crippen MR) is 62.3 cm³/mol. The number of hydrogen-bond donors (Lipinski definition) is 1. The molecule has 2 N–H and O–H groups in total. The lowest BCUT2D eigenvalue weighted by atomic mass is 10.1. The summed E-state index contributed by atoms with van der Waals surface area (Å²) in [5.41, 5.74) is 5.41. The third kappa shape index (κ3) is 2.90. The lowest BCUT2D eigenvalue weighted by Gasteiger charge is -2.32. The highest BCUT2D eigenvalue weighted by Gasteiger charge is 2.20. The van der Waals surface area contributed by atoms with E-state index in [1.54, 1.807) is 18.6 Å².